The topological polar surface area (TPSA) is 106 Å². The molecule has 1 saturated heterocycles. The highest BCUT2D eigenvalue weighted by molar-refractivity contribution is 5.66. The maximum atomic E-state index is 11.0. The lowest BCUT2D eigenvalue weighted by Gasteiger charge is -2.59. The normalized spacial score (nSPS) is 25.9. The highest BCUT2D eigenvalue weighted by Crippen LogP contribution is 2.58. The maximum Gasteiger partial charge on any atom is 0.231 e. The van der Waals surface area contributed by atoms with Gasteiger partial charge in [0.25, 0.3) is 0 Å². The van der Waals surface area contributed by atoms with Gasteiger partial charge in [0, 0.05) is 41.4 Å². The van der Waals surface area contributed by atoms with Crippen LogP contribution >= 0.6 is 0 Å². The molecule has 0 aromatic heterocycles. The Morgan fingerprint density at radius 3 is 2.56 bits per heavy atom. The number of nitriles is 1. The van der Waals surface area contributed by atoms with E-state index in [1.165, 1.54) is 0 Å². The molecule has 0 radical (unpaired) electrons. The fourth-order valence-electron chi connectivity index (χ4n) is 7.58. The molecule has 10 nitrogen and oxygen atoms in total. The minimum atomic E-state index is -0.494. The maximum absolute atomic E-state index is 11.0. The summed E-state index contributed by atoms with van der Waals surface area (Å²) < 4.78 is 35.6. The summed E-state index contributed by atoms with van der Waals surface area (Å²) in [5.41, 5.74) is 5.78. The highest BCUT2D eigenvalue weighted by Gasteiger charge is 2.56. The van der Waals surface area contributed by atoms with E-state index in [4.69, 9.17) is 28.4 Å². The zero-order valence-corrected chi connectivity index (χ0v) is 24.2. The largest absolute Gasteiger partial charge is 0.493 e. The lowest BCUT2D eigenvalue weighted by molar-refractivity contribution is -0.0832. The van der Waals surface area contributed by atoms with Crippen LogP contribution in [0.1, 0.15) is 45.5 Å². The van der Waals surface area contributed by atoms with E-state index in [0.717, 1.165) is 33.4 Å². The van der Waals surface area contributed by atoms with Crippen LogP contribution < -0.4 is 23.7 Å². The molecule has 0 amide bonds. The molecule has 5 atom stereocenters. The van der Waals surface area contributed by atoms with Crippen LogP contribution in [0.5, 0.6) is 28.7 Å². The summed E-state index contributed by atoms with van der Waals surface area (Å²) in [7, 11) is 5.32. The van der Waals surface area contributed by atoms with Gasteiger partial charge in [0.1, 0.15) is 18.4 Å². The van der Waals surface area contributed by atoms with Gasteiger partial charge in [-0.3, -0.25) is 9.80 Å². The SMILES string of the molecule is C=CCOc1c(C)c2c(c3c1CC1[C@H]4c5c(cc(C)c(OC)c5OCOC)C[C@@H](C(C#N)N1[C@H]3CO)N4C)OCO2. The van der Waals surface area contributed by atoms with Crippen LogP contribution in [-0.2, 0) is 17.6 Å². The summed E-state index contributed by atoms with van der Waals surface area (Å²) in [6.07, 6.45) is 2.93. The molecule has 2 aromatic rings. The van der Waals surface area contributed by atoms with Crippen LogP contribution in [0.4, 0.5) is 0 Å². The van der Waals surface area contributed by atoms with Crippen LogP contribution in [0.3, 0.4) is 0 Å². The summed E-state index contributed by atoms with van der Waals surface area (Å²) in [6, 6.07) is 3.36. The second kappa shape index (κ2) is 10.7. The summed E-state index contributed by atoms with van der Waals surface area (Å²) in [6.45, 7) is 8.11. The van der Waals surface area contributed by atoms with E-state index in [-0.39, 0.29) is 38.3 Å². The molecule has 0 aliphatic carbocycles. The molecule has 2 aromatic carbocycles. The summed E-state index contributed by atoms with van der Waals surface area (Å²) >= 11 is 0. The van der Waals surface area contributed by atoms with Crippen molar-refractivity contribution in [1.29, 1.82) is 5.26 Å². The third-order valence-corrected chi connectivity index (χ3v) is 9.09. The molecule has 2 unspecified atom stereocenters. The molecule has 1 N–H and O–H groups in total. The van der Waals surface area contributed by atoms with E-state index in [1.807, 2.05) is 13.8 Å². The predicted octanol–water partition coefficient (Wildman–Crippen LogP) is 3.35. The number of methoxy groups -OCH3 is 2. The smallest absolute Gasteiger partial charge is 0.231 e. The van der Waals surface area contributed by atoms with E-state index in [9.17, 15) is 10.4 Å². The number of ether oxygens (including phenoxy) is 6. The number of hydrogen-bond donors (Lipinski definition) is 1. The molecule has 41 heavy (non-hydrogen) atoms. The number of likely N-dealkylation sites (N-methyl/N-ethyl adjacent to an activating group) is 1. The third-order valence-electron chi connectivity index (χ3n) is 9.09. The second-order valence-corrected chi connectivity index (χ2v) is 11.1. The number of aliphatic hydroxyl groups is 1. The quantitative estimate of drug-likeness (QED) is 0.380. The number of hydrogen-bond acceptors (Lipinski definition) is 10. The predicted molar refractivity (Wildman–Crippen MR) is 150 cm³/mol. The fraction of sp³-hybridized carbons (Fsp3) is 0.516. The van der Waals surface area contributed by atoms with E-state index >= 15 is 0 Å². The van der Waals surface area contributed by atoms with Crippen LogP contribution in [0.15, 0.2) is 18.7 Å². The molecular formula is C31H37N3O7. The number of rotatable bonds is 8. The molecule has 4 aliphatic heterocycles. The number of aliphatic hydroxyl groups excluding tert-OH is 1. The Bertz CT molecular complexity index is 1420. The minimum Gasteiger partial charge on any atom is -0.493 e. The molecule has 218 valence electrons. The van der Waals surface area contributed by atoms with Gasteiger partial charge in [-0.05, 0) is 44.9 Å². The molecule has 0 saturated carbocycles. The molecular weight excluding hydrogens is 526 g/mol. The van der Waals surface area contributed by atoms with Crippen molar-refractivity contribution in [3.63, 3.8) is 0 Å². The van der Waals surface area contributed by atoms with Crippen molar-refractivity contribution in [2.75, 3.05) is 48.1 Å². The van der Waals surface area contributed by atoms with E-state index in [1.54, 1.807) is 20.3 Å². The Balaban J connectivity index is 1.60. The van der Waals surface area contributed by atoms with Crippen molar-refractivity contribution < 1.29 is 33.5 Å². The Kier molecular flexibility index (Phi) is 7.24. The molecule has 10 heteroatoms. The van der Waals surface area contributed by atoms with Gasteiger partial charge in [-0.15, -0.1) is 0 Å². The first-order valence-corrected chi connectivity index (χ1v) is 13.9. The van der Waals surface area contributed by atoms with Gasteiger partial charge in [-0.1, -0.05) is 18.7 Å². The highest BCUT2D eigenvalue weighted by atomic mass is 16.7. The van der Waals surface area contributed by atoms with E-state index in [2.05, 4.69) is 35.6 Å². The first-order chi connectivity index (χ1) is 19.9. The Hall–Kier alpha value is -3.49. The first-order valence-electron chi connectivity index (χ1n) is 13.9. The van der Waals surface area contributed by atoms with Crippen LogP contribution in [0.2, 0.25) is 0 Å². The molecule has 1 fully saturated rings. The Morgan fingerprint density at radius 1 is 1.10 bits per heavy atom. The molecule has 0 spiro atoms. The zero-order valence-electron chi connectivity index (χ0n) is 24.2. The van der Waals surface area contributed by atoms with Gasteiger partial charge in [0.2, 0.25) is 6.79 Å². The van der Waals surface area contributed by atoms with Crippen LogP contribution in [0.25, 0.3) is 0 Å². The monoisotopic (exact) mass is 563 g/mol. The standard InChI is InChI=1S/C31H37N3O7/c1-7-8-38-28-17(3)29-31(41-15-40-29)25-19(28)11-21-26-24-18(9-16(2)27(37-6)30(24)39-14-36-5)10-20(33(26)4)22(12-32)34(21)23(25)13-35/h7,9,20-23,26,35H,1,8,10-11,13-15H2,2-6H3/t20-,21?,22?,23-,26-/m0/s1. The number of nitrogens with zero attached hydrogens (tertiary/aromatic N) is 3. The van der Waals surface area contributed by atoms with Gasteiger partial charge >= 0.3 is 0 Å². The van der Waals surface area contributed by atoms with Gasteiger partial charge in [0.15, 0.2) is 29.8 Å². The van der Waals surface area contributed by atoms with Crippen molar-refractivity contribution in [2.45, 2.75) is 56.9 Å². The first kappa shape index (κ1) is 27.7. The van der Waals surface area contributed by atoms with Gasteiger partial charge < -0.3 is 33.5 Å². The number of benzene rings is 2. The van der Waals surface area contributed by atoms with E-state index in [0.29, 0.717) is 48.2 Å². The van der Waals surface area contributed by atoms with Gasteiger partial charge in [0.05, 0.1) is 31.9 Å². The third kappa shape index (κ3) is 3.98. The second-order valence-electron chi connectivity index (χ2n) is 11.1. The van der Waals surface area contributed by atoms with Gasteiger partial charge in [-0.25, -0.2) is 0 Å². The molecule has 4 heterocycles. The Morgan fingerprint density at radius 2 is 1.88 bits per heavy atom. The van der Waals surface area contributed by atoms with Crippen molar-refractivity contribution >= 4 is 0 Å². The molecule has 6 rings (SSSR count). The van der Waals surface area contributed by atoms with Crippen molar-refractivity contribution in [1.82, 2.24) is 9.80 Å². The summed E-state index contributed by atoms with van der Waals surface area (Å²) in [5.74, 6) is 3.30. The van der Waals surface area contributed by atoms with Crippen LogP contribution in [0, 0.1) is 25.2 Å². The average molecular weight is 564 g/mol. The number of aryl methyl sites for hydroxylation is 1. The lowest BCUT2D eigenvalue weighted by Crippen LogP contribution is -2.68. The minimum absolute atomic E-state index is 0.0750. The van der Waals surface area contributed by atoms with Crippen LogP contribution in [-0.4, -0.2) is 81.1 Å². The number of fused-ring (bicyclic) bond motifs is 9. The number of piperazine rings is 1. The van der Waals surface area contributed by atoms with Crippen molar-refractivity contribution in [3.8, 4) is 34.8 Å². The molecule has 4 aliphatic rings. The van der Waals surface area contributed by atoms with E-state index < -0.39 is 12.1 Å². The lowest BCUT2D eigenvalue weighted by atomic mass is 9.71. The zero-order chi connectivity index (χ0) is 29.0. The summed E-state index contributed by atoms with van der Waals surface area (Å²) in [5, 5.41) is 21.6. The fourth-order valence-corrected chi connectivity index (χ4v) is 7.58. The average Bonchev–Trinajstić information content (AvgIpc) is 3.46. The van der Waals surface area contributed by atoms with Gasteiger partial charge in [-0.2, -0.15) is 5.26 Å². The summed E-state index contributed by atoms with van der Waals surface area (Å²) in [4.78, 5) is 4.50. The Labute approximate surface area is 240 Å². The van der Waals surface area contributed by atoms with Crippen molar-refractivity contribution in [2.24, 2.45) is 0 Å². The molecule has 2 bridgehead atoms. The van der Waals surface area contributed by atoms with Crippen molar-refractivity contribution in [3.05, 3.63) is 52.1 Å².